The smallest absolute Gasteiger partial charge is 0.0541 e. The fourth-order valence-electron chi connectivity index (χ4n) is 3.21. The van der Waals surface area contributed by atoms with E-state index in [9.17, 15) is 5.11 Å². The number of hydrogen-bond acceptors (Lipinski definition) is 3. The molecule has 0 spiro atoms. The first-order valence-electron chi connectivity index (χ1n) is 7.19. The van der Waals surface area contributed by atoms with Crippen molar-refractivity contribution in [1.29, 1.82) is 0 Å². The van der Waals surface area contributed by atoms with E-state index in [0.717, 1.165) is 44.5 Å². The van der Waals surface area contributed by atoms with Crippen LogP contribution in [0.25, 0.3) is 0 Å². The summed E-state index contributed by atoms with van der Waals surface area (Å²) < 4.78 is 5.49. The number of halogens is 1. The lowest BCUT2D eigenvalue weighted by Crippen LogP contribution is -2.46. The molecule has 0 aliphatic carbocycles. The highest BCUT2D eigenvalue weighted by atomic mass is 79.9. The molecule has 0 aromatic carbocycles. The Labute approximate surface area is 119 Å². The molecule has 1 N–H and O–H groups in total. The molecule has 0 amide bonds. The van der Waals surface area contributed by atoms with Crippen LogP contribution in [0.3, 0.4) is 0 Å². The minimum absolute atomic E-state index is 0.139. The van der Waals surface area contributed by atoms with E-state index in [1.54, 1.807) is 0 Å². The molecule has 3 nitrogen and oxygen atoms in total. The lowest BCUT2D eigenvalue weighted by atomic mass is 9.81. The van der Waals surface area contributed by atoms with E-state index >= 15 is 0 Å². The molecular formula is C14H26BrNO2. The van der Waals surface area contributed by atoms with Gasteiger partial charge in [0.15, 0.2) is 0 Å². The van der Waals surface area contributed by atoms with Gasteiger partial charge < -0.3 is 14.7 Å². The molecule has 0 bridgehead atoms. The largest absolute Gasteiger partial charge is 0.393 e. The number of hydrogen-bond donors (Lipinski definition) is 1. The van der Waals surface area contributed by atoms with Crippen LogP contribution in [0.15, 0.2) is 0 Å². The van der Waals surface area contributed by atoms with Crippen molar-refractivity contribution >= 4 is 15.9 Å². The van der Waals surface area contributed by atoms with Gasteiger partial charge in [0.05, 0.1) is 6.10 Å². The van der Waals surface area contributed by atoms with Gasteiger partial charge in [-0.05, 0) is 57.0 Å². The van der Waals surface area contributed by atoms with E-state index in [2.05, 4.69) is 20.8 Å². The van der Waals surface area contributed by atoms with Crippen LogP contribution in [0.1, 0.15) is 32.6 Å². The number of aliphatic hydroxyl groups excluding tert-OH is 1. The first kappa shape index (κ1) is 14.8. The van der Waals surface area contributed by atoms with Gasteiger partial charge in [-0.3, -0.25) is 0 Å². The molecule has 0 aromatic rings. The summed E-state index contributed by atoms with van der Waals surface area (Å²) in [5.74, 6) is 0.510. The van der Waals surface area contributed by atoms with Gasteiger partial charge in [0.2, 0.25) is 0 Å². The molecule has 2 heterocycles. The van der Waals surface area contributed by atoms with E-state index in [1.165, 1.54) is 19.4 Å². The molecule has 1 atom stereocenters. The van der Waals surface area contributed by atoms with Gasteiger partial charge in [-0.25, -0.2) is 0 Å². The van der Waals surface area contributed by atoms with Crippen LogP contribution < -0.4 is 0 Å². The summed E-state index contributed by atoms with van der Waals surface area (Å²) in [6, 6.07) is 0. The molecule has 0 saturated carbocycles. The Hall–Kier alpha value is 0.360. The van der Waals surface area contributed by atoms with Crippen LogP contribution in [0, 0.1) is 11.3 Å². The number of ether oxygens (including phenoxy) is 1. The topological polar surface area (TPSA) is 32.7 Å². The Kier molecular flexibility index (Phi) is 5.48. The summed E-state index contributed by atoms with van der Waals surface area (Å²) >= 11 is 3.71. The summed E-state index contributed by atoms with van der Waals surface area (Å²) in [7, 11) is 0. The fourth-order valence-corrected chi connectivity index (χ4v) is 3.94. The second kappa shape index (κ2) is 6.69. The zero-order valence-electron chi connectivity index (χ0n) is 11.4. The Morgan fingerprint density at radius 2 is 1.94 bits per heavy atom. The van der Waals surface area contributed by atoms with Gasteiger partial charge in [-0.1, -0.05) is 15.9 Å². The minimum atomic E-state index is -0.139. The summed E-state index contributed by atoms with van der Waals surface area (Å²) in [5.41, 5.74) is 0.413. The highest BCUT2D eigenvalue weighted by Gasteiger charge is 2.34. The Balaban J connectivity index is 1.82. The van der Waals surface area contributed by atoms with Gasteiger partial charge in [0, 0.05) is 25.1 Å². The van der Waals surface area contributed by atoms with Crippen molar-refractivity contribution < 1.29 is 9.84 Å². The number of likely N-dealkylation sites (tertiary alicyclic amines) is 1. The normalized spacial score (nSPS) is 28.2. The molecule has 4 heteroatoms. The predicted molar refractivity (Wildman–Crippen MR) is 77.1 cm³/mol. The van der Waals surface area contributed by atoms with Crippen molar-refractivity contribution in [2.24, 2.45) is 11.3 Å². The second-order valence-corrected chi connectivity index (χ2v) is 6.66. The molecular weight excluding hydrogens is 294 g/mol. The van der Waals surface area contributed by atoms with Crippen molar-refractivity contribution in [3.05, 3.63) is 0 Å². The van der Waals surface area contributed by atoms with Crippen LogP contribution in [-0.2, 0) is 4.74 Å². The highest BCUT2D eigenvalue weighted by molar-refractivity contribution is 9.09. The summed E-state index contributed by atoms with van der Waals surface area (Å²) in [4.78, 5) is 2.59. The van der Waals surface area contributed by atoms with Crippen LogP contribution in [0.5, 0.6) is 0 Å². The standard InChI is InChI=1S/C14H26BrNO2/c1-12(17)13-2-6-16(7-3-13)11-14(10-15)4-8-18-9-5-14/h12-13,17H,2-11H2,1H3. The Morgan fingerprint density at radius 1 is 1.33 bits per heavy atom. The first-order chi connectivity index (χ1) is 8.65. The third-order valence-electron chi connectivity index (χ3n) is 4.71. The van der Waals surface area contributed by atoms with Crippen molar-refractivity contribution in [3.8, 4) is 0 Å². The van der Waals surface area contributed by atoms with Crippen molar-refractivity contribution in [1.82, 2.24) is 4.90 Å². The monoisotopic (exact) mass is 319 g/mol. The number of nitrogens with zero attached hydrogens (tertiary/aromatic N) is 1. The van der Waals surface area contributed by atoms with E-state index in [-0.39, 0.29) is 6.10 Å². The second-order valence-electron chi connectivity index (χ2n) is 6.10. The molecule has 106 valence electrons. The Morgan fingerprint density at radius 3 is 2.44 bits per heavy atom. The van der Waals surface area contributed by atoms with Crippen LogP contribution >= 0.6 is 15.9 Å². The van der Waals surface area contributed by atoms with Crippen molar-refractivity contribution in [2.45, 2.75) is 38.7 Å². The molecule has 0 radical (unpaired) electrons. The molecule has 0 aromatic heterocycles. The van der Waals surface area contributed by atoms with Crippen molar-refractivity contribution in [2.75, 3.05) is 38.2 Å². The lowest BCUT2D eigenvalue weighted by Gasteiger charge is -2.42. The maximum absolute atomic E-state index is 9.64. The minimum Gasteiger partial charge on any atom is -0.393 e. The van der Waals surface area contributed by atoms with E-state index in [0.29, 0.717) is 11.3 Å². The third kappa shape index (κ3) is 3.69. The SMILES string of the molecule is CC(O)C1CCN(CC2(CBr)CCOCC2)CC1. The summed E-state index contributed by atoms with van der Waals surface area (Å²) in [5, 5.41) is 10.7. The average Bonchev–Trinajstić information content (AvgIpc) is 2.40. The van der Waals surface area contributed by atoms with Gasteiger partial charge in [-0.2, -0.15) is 0 Å². The van der Waals surface area contributed by atoms with Crippen LogP contribution in [0.4, 0.5) is 0 Å². The van der Waals surface area contributed by atoms with E-state index in [1.807, 2.05) is 6.92 Å². The van der Waals surface area contributed by atoms with Gasteiger partial charge in [0.25, 0.3) is 0 Å². The summed E-state index contributed by atoms with van der Waals surface area (Å²) in [6.45, 7) is 7.23. The molecule has 1 unspecified atom stereocenters. The quantitative estimate of drug-likeness (QED) is 0.807. The molecule has 2 aliphatic heterocycles. The number of piperidine rings is 1. The summed E-state index contributed by atoms with van der Waals surface area (Å²) in [6.07, 6.45) is 4.50. The van der Waals surface area contributed by atoms with Gasteiger partial charge in [0.1, 0.15) is 0 Å². The lowest BCUT2D eigenvalue weighted by molar-refractivity contribution is -0.00349. The molecule has 2 rings (SSSR count). The zero-order valence-corrected chi connectivity index (χ0v) is 13.0. The number of rotatable bonds is 4. The van der Waals surface area contributed by atoms with Gasteiger partial charge >= 0.3 is 0 Å². The molecule has 2 aliphatic rings. The van der Waals surface area contributed by atoms with Crippen LogP contribution in [-0.4, -0.2) is 54.3 Å². The predicted octanol–water partition coefficient (Wildman–Crippen LogP) is 2.27. The molecule has 2 saturated heterocycles. The third-order valence-corrected chi connectivity index (χ3v) is 5.90. The zero-order chi connectivity index (χ0) is 13.0. The van der Waals surface area contributed by atoms with E-state index in [4.69, 9.17) is 4.74 Å². The van der Waals surface area contributed by atoms with E-state index < -0.39 is 0 Å². The van der Waals surface area contributed by atoms with Crippen LogP contribution in [0.2, 0.25) is 0 Å². The average molecular weight is 320 g/mol. The molecule has 2 fully saturated rings. The number of alkyl halides is 1. The number of aliphatic hydroxyl groups is 1. The molecule has 18 heavy (non-hydrogen) atoms. The first-order valence-corrected chi connectivity index (χ1v) is 8.31. The van der Waals surface area contributed by atoms with Gasteiger partial charge in [-0.15, -0.1) is 0 Å². The maximum Gasteiger partial charge on any atom is 0.0541 e. The highest BCUT2D eigenvalue weighted by Crippen LogP contribution is 2.34. The van der Waals surface area contributed by atoms with Crippen molar-refractivity contribution in [3.63, 3.8) is 0 Å². The Bertz CT molecular complexity index is 246. The fraction of sp³-hybridized carbons (Fsp3) is 1.00. The maximum atomic E-state index is 9.64.